The fraction of sp³-hybridized carbons (Fsp3) is 0.312. The number of pyridine rings is 1. The van der Waals surface area contributed by atoms with E-state index >= 15 is 0 Å². The molecule has 0 unspecified atom stereocenters. The monoisotopic (exact) mass is 559 g/mol. The lowest BCUT2D eigenvalue weighted by Crippen LogP contribution is -2.30. The average Bonchev–Trinajstić information content (AvgIpc) is 3.31. The van der Waals surface area contributed by atoms with E-state index in [1.807, 2.05) is 19.1 Å². The predicted molar refractivity (Wildman–Crippen MR) is 148 cm³/mol. The minimum Gasteiger partial charge on any atom is -0.437 e. The number of Topliss-reactive ketones (excluding diaryl/α,β-unsaturated/α-hetero) is 1. The van der Waals surface area contributed by atoms with Crippen LogP contribution < -0.4 is 5.32 Å². The van der Waals surface area contributed by atoms with E-state index in [9.17, 15) is 28.0 Å². The summed E-state index contributed by atoms with van der Waals surface area (Å²) in [7, 11) is 1.48. The lowest BCUT2D eigenvalue weighted by atomic mass is 9.66. The Morgan fingerprint density at radius 2 is 1.83 bits per heavy atom. The number of carbonyl (C=O) groups excluding carboxylic acids is 2. The first-order valence-electron chi connectivity index (χ1n) is 13.4. The SMILES string of the molecule is CNC(=O)c1c(-c2ccc(C)cc2)oc2nc(CCC(F)(F)F)c(-c3cccc(C(=O)CC4(C#N)CCC4)c3)cc12. The van der Waals surface area contributed by atoms with Crippen molar-refractivity contribution in [2.24, 2.45) is 5.41 Å². The Morgan fingerprint density at radius 1 is 1.10 bits per heavy atom. The fourth-order valence-corrected chi connectivity index (χ4v) is 5.22. The van der Waals surface area contributed by atoms with Crippen LogP contribution in [0.1, 0.15) is 64.1 Å². The zero-order valence-electron chi connectivity index (χ0n) is 22.7. The molecule has 210 valence electrons. The number of hydrogen-bond acceptors (Lipinski definition) is 5. The highest BCUT2D eigenvalue weighted by molar-refractivity contribution is 6.11. The lowest BCUT2D eigenvalue weighted by Gasteiger charge is -2.34. The summed E-state index contributed by atoms with van der Waals surface area (Å²) in [6.07, 6.45) is -3.60. The van der Waals surface area contributed by atoms with Crippen molar-refractivity contribution < 1.29 is 27.2 Å². The second-order valence-corrected chi connectivity index (χ2v) is 10.6. The Morgan fingerprint density at radius 3 is 2.44 bits per heavy atom. The predicted octanol–water partition coefficient (Wildman–Crippen LogP) is 7.59. The van der Waals surface area contributed by atoms with E-state index in [0.29, 0.717) is 40.5 Å². The molecule has 0 aliphatic heterocycles. The number of furan rings is 1. The van der Waals surface area contributed by atoms with Gasteiger partial charge >= 0.3 is 6.18 Å². The van der Waals surface area contributed by atoms with Gasteiger partial charge < -0.3 is 9.73 Å². The number of halogens is 3. The topological polar surface area (TPSA) is 96.0 Å². The van der Waals surface area contributed by atoms with Crippen molar-refractivity contribution >= 4 is 22.8 Å². The van der Waals surface area contributed by atoms with Gasteiger partial charge in [-0.2, -0.15) is 18.4 Å². The number of aromatic nitrogens is 1. The number of nitrogens with zero attached hydrogens (tertiary/aromatic N) is 2. The zero-order chi connectivity index (χ0) is 29.4. The van der Waals surface area contributed by atoms with Crippen molar-refractivity contribution in [3.8, 4) is 28.5 Å². The maximum absolute atomic E-state index is 13.3. The fourth-order valence-electron chi connectivity index (χ4n) is 5.22. The molecule has 0 saturated heterocycles. The van der Waals surface area contributed by atoms with E-state index in [2.05, 4.69) is 16.4 Å². The molecule has 0 bridgehead atoms. The number of benzene rings is 2. The molecule has 6 nitrogen and oxygen atoms in total. The van der Waals surface area contributed by atoms with Crippen LogP contribution >= 0.6 is 0 Å². The molecule has 9 heteroatoms. The van der Waals surface area contributed by atoms with E-state index in [0.717, 1.165) is 12.0 Å². The molecular weight excluding hydrogens is 531 g/mol. The first-order chi connectivity index (χ1) is 19.5. The molecule has 5 rings (SSSR count). The molecule has 4 aromatic rings. The largest absolute Gasteiger partial charge is 0.437 e. The van der Waals surface area contributed by atoms with Crippen LogP contribution in [0.5, 0.6) is 0 Å². The van der Waals surface area contributed by atoms with Crippen molar-refractivity contribution in [3.05, 3.63) is 77.0 Å². The summed E-state index contributed by atoms with van der Waals surface area (Å²) in [5.74, 6) is -0.367. The van der Waals surface area contributed by atoms with Gasteiger partial charge in [-0.05, 0) is 43.9 Å². The Bertz CT molecular complexity index is 1680. The Kier molecular flexibility index (Phi) is 7.43. The number of ketones is 1. The highest BCUT2D eigenvalue weighted by atomic mass is 19.4. The number of amides is 1. The number of alkyl halides is 3. The van der Waals surface area contributed by atoms with E-state index in [1.54, 1.807) is 42.5 Å². The van der Waals surface area contributed by atoms with Gasteiger partial charge in [0, 0.05) is 36.6 Å². The van der Waals surface area contributed by atoms with E-state index in [4.69, 9.17) is 4.42 Å². The molecule has 41 heavy (non-hydrogen) atoms. The van der Waals surface area contributed by atoms with Gasteiger partial charge in [0.05, 0.1) is 28.1 Å². The summed E-state index contributed by atoms with van der Waals surface area (Å²) >= 11 is 0. The molecule has 2 heterocycles. The summed E-state index contributed by atoms with van der Waals surface area (Å²) < 4.78 is 45.9. The highest BCUT2D eigenvalue weighted by Crippen LogP contribution is 2.44. The van der Waals surface area contributed by atoms with E-state index in [1.165, 1.54) is 7.05 Å². The molecule has 0 spiro atoms. The molecular formula is C32H28F3N3O3. The Balaban J connectivity index is 1.65. The third kappa shape index (κ3) is 5.73. The second kappa shape index (κ2) is 10.8. The van der Waals surface area contributed by atoms with Crippen molar-refractivity contribution in [1.82, 2.24) is 10.3 Å². The maximum atomic E-state index is 13.3. The van der Waals surface area contributed by atoms with Gasteiger partial charge in [-0.3, -0.25) is 9.59 Å². The smallest absolute Gasteiger partial charge is 0.389 e. The summed E-state index contributed by atoms with van der Waals surface area (Å²) in [5.41, 5.74) is 2.61. The normalized spacial score (nSPS) is 14.3. The number of aryl methyl sites for hydroxylation is 2. The third-order valence-electron chi connectivity index (χ3n) is 7.72. The van der Waals surface area contributed by atoms with Gasteiger partial charge in [0.15, 0.2) is 5.78 Å². The summed E-state index contributed by atoms with van der Waals surface area (Å²) in [4.78, 5) is 30.7. The standard InChI is InChI=1S/C32H28F3N3O3/c1-19-7-9-20(10-8-19)28-27(29(40)37-2)24-16-23(25(38-30(24)41-28)11-14-32(33,34)35)21-5-3-6-22(15-21)26(39)17-31(18-36)12-4-13-31/h3,5-10,15-16H,4,11-14,17H2,1-2H3,(H,37,40). The maximum Gasteiger partial charge on any atom is 0.389 e. The number of rotatable bonds is 8. The Labute approximate surface area is 235 Å². The van der Waals surface area contributed by atoms with Crippen LogP contribution in [0.4, 0.5) is 13.2 Å². The summed E-state index contributed by atoms with van der Waals surface area (Å²) in [5, 5.41) is 12.5. The van der Waals surface area contributed by atoms with Crippen LogP contribution in [0, 0.1) is 23.7 Å². The van der Waals surface area contributed by atoms with E-state index in [-0.39, 0.29) is 34.9 Å². The van der Waals surface area contributed by atoms with Gasteiger partial charge in [-0.1, -0.05) is 54.4 Å². The van der Waals surface area contributed by atoms with Gasteiger partial charge in [0.25, 0.3) is 5.91 Å². The molecule has 1 N–H and O–H groups in total. The molecule has 1 fully saturated rings. The molecule has 1 saturated carbocycles. The number of carbonyl (C=O) groups is 2. The van der Waals surface area contributed by atoms with Gasteiger partial charge in [0.1, 0.15) is 5.76 Å². The highest BCUT2D eigenvalue weighted by Gasteiger charge is 2.39. The zero-order valence-corrected chi connectivity index (χ0v) is 22.7. The van der Waals surface area contributed by atoms with Gasteiger partial charge in [-0.15, -0.1) is 0 Å². The van der Waals surface area contributed by atoms with E-state index < -0.39 is 30.3 Å². The lowest BCUT2D eigenvalue weighted by molar-refractivity contribution is -0.134. The van der Waals surface area contributed by atoms with Gasteiger partial charge in [-0.25, -0.2) is 4.98 Å². The third-order valence-corrected chi connectivity index (χ3v) is 7.72. The van der Waals surface area contributed by atoms with Crippen molar-refractivity contribution in [3.63, 3.8) is 0 Å². The van der Waals surface area contributed by atoms with Crippen LogP contribution in [0.15, 0.2) is 59.0 Å². The van der Waals surface area contributed by atoms with Crippen LogP contribution in [-0.2, 0) is 6.42 Å². The molecule has 0 radical (unpaired) electrons. The molecule has 1 aliphatic rings. The van der Waals surface area contributed by atoms with Crippen LogP contribution in [0.25, 0.3) is 33.6 Å². The second-order valence-electron chi connectivity index (χ2n) is 10.6. The van der Waals surface area contributed by atoms with Gasteiger partial charge in [0.2, 0.25) is 5.71 Å². The first-order valence-corrected chi connectivity index (χ1v) is 13.4. The Hall–Kier alpha value is -4.45. The molecule has 2 aromatic heterocycles. The first kappa shape index (κ1) is 28.1. The number of hydrogen-bond donors (Lipinski definition) is 1. The molecule has 1 aliphatic carbocycles. The molecule has 1 amide bonds. The number of nitrogens with one attached hydrogen (secondary N) is 1. The van der Waals surface area contributed by atoms with Crippen LogP contribution in [0.3, 0.4) is 0 Å². The molecule has 2 aromatic carbocycles. The average molecular weight is 560 g/mol. The van der Waals surface area contributed by atoms with Crippen molar-refractivity contribution in [2.75, 3.05) is 7.05 Å². The minimum atomic E-state index is -4.41. The van der Waals surface area contributed by atoms with Crippen molar-refractivity contribution in [2.45, 2.75) is 51.6 Å². The summed E-state index contributed by atoms with van der Waals surface area (Å²) in [6, 6.07) is 17.8. The molecule has 0 atom stereocenters. The number of fused-ring (bicyclic) bond motifs is 1. The number of nitriles is 1. The van der Waals surface area contributed by atoms with Crippen LogP contribution in [-0.4, -0.2) is 29.9 Å². The van der Waals surface area contributed by atoms with Crippen LogP contribution in [0.2, 0.25) is 0 Å². The summed E-state index contributed by atoms with van der Waals surface area (Å²) in [6.45, 7) is 1.92. The van der Waals surface area contributed by atoms with Crippen molar-refractivity contribution in [1.29, 1.82) is 5.26 Å². The minimum absolute atomic E-state index is 0.0493. The quantitative estimate of drug-likeness (QED) is 0.224.